The van der Waals surface area contributed by atoms with Crippen molar-refractivity contribution in [3.8, 4) is 5.75 Å². The highest BCUT2D eigenvalue weighted by atomic mass is 35.5. The number of hydrogen-bond acceptors (Lipinski definition) is 4. The molecule has 2 heterocycles. The molecule has 1 aromatic carbocycles. The SMILES string of the molecule is CCCn1c(C)cc(C(=O)COc2cc3oc(=O)cc(C)c3cc2Cl)c1C. The number of nitrogens with zero attached hydrogens (tertiary/aromatic N) is 1. The summed E-state index contributed by atoms with van der Waals surface area (Å²) >= 11 is 6.29. The summed E-state index contributed by atoms with van der Waals surface area (Å²) in [5, 5.41) is 1.10. The van der Waals surface area contributed by atoms with E-state index in [1.54, 1.807) is 12.1 Å². The highest BCUT2D eigenvalue weighted by Gasteiger charge is 2.17. The summed E-state index contributed by atoms with van der Waals surface area (Å²) in [6.07, 6.45) is 0.998. The number of hydrogen-bond donors (Lipinski definition) is 0. The summed E-state index contributed by atoms with van der Waals surface area (Å²) < 4.78 is 13.0. The summed E-state index contributed by atoms with van der Waals surface area (Å²) in [4.78, 5) is 24.2. The Morgan fingerprint density at radius 3 is 2.63 bits per heavy atom. The summed E-state index contributed by atoms with van der Waals surface area (Å²) in [5.41, 5.74) is 3.36. The molecule has 0 saturated carbocycles. The molecule has 0 fully saturated rings. The maximum Gasteiger partial charge on any atom is 0.336 e. The number of carbonyl (C=O) groups is 1. The molecule has 0 aliphatic carbocycles. The number of fused-ring (bicyclic) bond motifs is 1. The Hall–Kier alpha value is -2.53. The van der Waals surface area contributed by atoms with Gasteiger partial charge in [0, 0.05) is 41.0 Å². The molecule has 0 spiro atoms. The first-order valence-electron chi connectivity index (χ1n) is 8.88. The van der Waals surface area contributed by atoms with Crippen molar-refractivity contribution >= 4 is 28.4 Å². The number of aromatic nitrogens is 1. The van der Waals surface area contributed by atoms with E-state index >= 15 is 0 Å². The minimum absolute atomic E-state index is 0.118. The fraction of sp³-hybridized carbons (Fsp3) is 0.333. The van der Waals surface area contributed by atoms with E-state index in [0.29, 0.717) is 21.9 Å². The monoisotopic (exact) mass is 387 g/mol. The molecule has 6 heteroatoms. The van der Waals surface area contributed by atoms with Gasteiger partial charge in [0.1, 0.15) is 11.3 Å². The van der Waals surface area contributed by atoms with Crippen LogP contribution in [0.1, 0.15) is 40.7 Å². The van der Waals surface area contributed by atoms with Crippen LogP contribution in [0.4, 0.5) is 0 Å². The van der Waals surface area contributed by atoms with E-state index in [4.69, 9.17) is 20.8 Å². The van der Waals surface area contributed by atoms with Gasteiger partial charge in [0.2, 0.25) is 5.78 Å². The molecule has 0 aliphatic heterocycles. The Bertz CT molecular complexity index is 1080. The van der Waals surface area contributed by atoms with Gasteiger partial charge in [-0.25, -0.2) is 4.79 Å². The lowest BCUT2D eigenvalue weighted by Crippen LogP contribution is -2.13. The largest absolute Gasteiger partial charge is 0.484 e. The first-order valence-corrected chi connectivity index (χ1v) is 9.26. The number of ketones is 1. The van der Waals surface area contributed by atoms with Crippen LogP contribution < -0.4 is 10.4 Å². The van der Waals surface area contributed by atoms with Crippen molar-refractivity contribution < 1.29 is 13.9 Å². The first-order chi connectivity index (χ1) is 12.8. The van der Waals surface area contributed by atoms with Crippen LogP contribution in [0, 0.1) is 20.8 Å². The summed E-state index contributed by atoms with van der Waals surface area (Å²) in [6, 6.07) is 6.54. The van der Waals surface area contributed by atoms with Crippen molar-refractivity contribution in [2.75, 3.05) is 6.61 Å². The molecule has 0 radical (unpaired) electrons. The van der Waals surface area contributed by atoms with E-state index in [1.165, 1.54) is 6.07 Å². The lowest BCUT2D eigenvalue weighted by atomic mass is 10.1. The summed E-state index contributed by atoms with van der Waals surface area (Å²) in [5.74, 6) is 0.195. The minimum atomic E-state index is -0.437. The average molecular weight is 388 g/mol. The van der Waals surface area contributed by atoms with Crippen LogP contribution in [-0.4, -0.2) is 17.0 Å². The fourth-order valence-corrected chi connectivity index (χ4v) is 3.52. The highest BCUT2D eigenvalue weighted by molar-refractivity contribution is 6.32. The zero-order chi connectivity index (χ0) is 19.7. The zero-order valence-electron chi connectivity index (χ0n) is 15.9. The third-order valence-corrected chi connectivity index (χ3v) is 4.98. The Morgan fingerprint density at radius 1 is 1.19 bits per heavy atom. The Morgan fingerprint density at radius 2 is 1.93 bits per heavy atom. The van der Waals surface area contributed by atoms with Gasteiger partial charge in [-0.1, -0.05) is 18.5 Å². The lowest BCUT2D eigenvalue weighted by Gasteiger charge is -2.10. The van der Waals surface area contributed by atoms with Gasteiger partial charge in [-0.2, -0.15) is 0 Å². The molecule has 0 bridgehead atoms. The molecule has 0 amide bonds. The predicted molar refractivity (Wildman–Crippen MR) is 106 cm³/mol. The van der Waals surface area contributed by atoms with E-state index in [9.17, 15) is 9.59 Å². The first kappa shape index (κ1) is 19.2. The maximum absolute atomic E-state index is 12.6. The molecule has 0 N–H and O–H groups in total. The molecule has 0 aliphatic rings. The van der Waals surface area contributed by atoms with Crippen LogP contribution >= 0.6 is 11.6 Å². The van der Waals surface area contributed by atoms with Crippen molar-refractivity contribution in [2.45, 2.75) is 40.7 Å². The third kappa shape index (κ3) is 3.78. The third-order valence-electron chi connectivity index (χ3n) is 4.68. The molecule has 3 rings (SSSR count). The lowest BCUT2D eigenvalue weighted by molar-refractivity contribution is 0.0921. The van der Waals surface area contributed by atoms with E-state index in [2.05, 4.69) is 11.5 Å². The second kappa shape index (κ2) is 7.61. The Balaban J connectivity index is 1.84. The number of carbonyl (C=O) groups excluding carboxylic acids is 1. The van der Waals surface area contributed by atoms with Gasteiger partial charge in [0.15, 0.2) is 6.61 Å². The normalized spacial score (nSPS) is 11.1. The second-order valence-corrected chi connectivity index (χ2v) is 7.08. The van der Waals surface area contributed by atoms with E-state index in [1.807, 2.05) is 26.8 Å². The molecule has 0 atom stereocenters. The van der Waals surface area contributed by atoms with Crippen LogP contribution in [0.5, 0.6) is 5.75 Å². The smallest absolute Gasteiger partial charge is 0.336 e. The van der Waals surface area contributed by atoms with Crippen molar-refractivity contribution in [3.05, 3.63) is 62.2 Å². The van der Waals surface area contributed by atoms with Gasteiger partial charge < -0.3 is 13.7 Å². The highest BCUT2D eigenvalue weighted by Crippen LogP contribution is 2.31. The molecular formula is C21H22ClNO4. The van der Waals surface area contributed by atoms with Crippen LogP contribution in [-0.2, 0) is 6.54 Å². The van der Waals surface area contributed by atoms with Gasteiger partial charge in [-0.15, -0.1) is 0 Å². The van der Waals surface area contributed by atoms with Crippen molar-refractivity contribution in [1.82, 2.24) is 4.57 Å². The Kier molecular flexibility index (Phi) is 5.42. The van der Waals surface area contributed by atoms with E-state index in [0.717, 1.165) is 35.3 Å². The van der Waals surface area contributed by atoms with E-state index in [-0.39, 0.29) is 12.4 Å². The maximum atomic E-state index is 12.6. The van der Waals surface area contributed by atoms with Crippen molar-refractivity contribution in [2.24, 2.45) is 0 Å². The van der Waals surface area contributed by atoms with Crippen molar-refractivity contribution in [1.29, 1.82) is 0 Å². The molecule has 0 saturated heterocycles. The number of aryl methyl sites for hydroxylation is 2. The number of ether oxygens (including phenoxy) is 1. The van der Waals surface area contributed by atoms with Crippen LogP contribution in [0.15, 0.2) is 33.5 Å². The standard InChI is InChI=1S/C21H22ClNO4/c1-5-6-23-13(3)8-16(14(23)4)18(24)11-26-20-10-19-15(9-17(20)22)12(2)7-21(25)27-19/h7-10H,5-6,11H2,1-4H3. The van der Waals surface area contributed by atoms with Gasteiger partial charge >= 0.3 is 5.63 Å². The molecule has 0 unspecified atom stereocenters. The average Bonchev–Trinajstić information content (AvgIpc) is 2.89. The van der Waals surface area contributed by atoms with Gasteiger partial charge in [-0.3, -0.25) is 4.79 Å². The molecule has 3 aromatic rings. The fourth-order valence-electron chi connectivity index (χ4n) is 3.30. The summed E-state index contributed by atoms with van der Waals surface area (Å²) in [7, 11) is 0. The number of halogens is 1. The molecule has 2 aromatic heterocycles. The molecule has 142 valence electrons. The molecular weight excluding hydrogens is 366 g/mol. The topological polar surface area (TPSA) is 61.4 Å². The second-order valence-electron chi connectivity index (χ2n) is 6.68. The minimum Gasteiger partial charge on any atom is -0.484 e. The number of benzene rings is 1. The van der Waals surface area contributed by atoms with E-state index < -0.39 is 5.63 Å². The number of Topliss-reactive ketones (excluding diaryl/α,β-unsaturated/α-hetero) is 1. The van der Waals surface area contributed by atoms with Gasteiger partial charge in [0.05, 0.1) is 5.02 Å². The Labute approximate surface area is 162 Å². The quantitative estimate of drug-likeness (QED) is 0.448. The van der Waals surface area contributed by atoms with Crippen molar-refractivity contribution in [3.63, 3.8) is 0 Å². The number of rotatable bonds is 6. The van der Waals surface area contributed by atoms with Crippen LogP contribution in [0.2, 0.25) is 5.02 Å². The zero-order valence-corrected chi connectivity index (χ0v) is 16.6. The van der Waals surface area contributed by atoms with Gasteiger partial charge in [-0.05, 0) is 44.9 Å². The van der Waals surface area contributed by atoms with Crippen LogP contribution in [0.3, 0.4) is 0 Å². The molecule has 5 nitrogen and oxygen atoms in total. The van der Waals surface area contributed by atoms with Crippen LogP contribution in [0.25, 0.3) is 11.0 Å². The van der Waals surface area contributed by atoms with Gasteiger partial charge in [0.25, 0.3) is 0 Å². The summed E-state index contributed by atoms with van der Waals surface area (Å²) in [6.45, 7) is 8.58. The molecule has 27 heavy (non-hydrogen) atoms. The predicted octanol–water partition coefficient (Wildman–Crippen LogP) is 4.84.